The maximum absolute atomic E-state index is 13.5. The summed E-state index contributed by atoms with van der Waals surface area (Å²) in [4.78, 5) is 0. The predicted octanol–water partition coefficient (Wildman–Crippen LogP) is 1.87. The molecule has 0 saturated carbocycles. The van der Waals surface area contributed by atoms with Crippen molar-refractivity contribution >= 4 is 0 Å². The first-order chi connectivity index (χ1) is 8.19. The SMILES string of the molecule is COCCC(C)C(Cc1ccccc1F)NN. The first-order valence-corrected chi connectivity index (χ1v) is 5.87. The van der Waals surface area contributed by atoms with E-state index in [0.717, 1.165) is 6.42 Å². The molecule has 1 aromatic rings. The number of methoxy groups -OCH3 is 1. The summed E-state index contributed by atoms with van der Waals surface area (Å²) in [6, 6.07) is 6.86. The van der Waals surface area contributed by atoms with Crippen LogP contribution in [0.4, 0.5) is 4.39 Å². The highest BCUT2D eigenvalue weighted by atomic mass is 19.1. The molecule has 0 amide bonds. The van der Waals surface area contributed by atoms with Crippen LogP contribution in [-0.2, 0) is 11.2 Å². The van der Waals surface area contributed by atoms with Crippen molar-refractivity contribution in [1.29, 1.82) is 0 Å². The molecule has 0 aromatic heterocycles. The first kappa shape index (κ1) is 14.1. The summed E-state index contributed by atoms with van der Waals surface area (Å²) in [7, 11) is 1.68. The van der Waals surface area contributed by atoms with Gasteiger partial charge in [-0.3, -0.25) is 11.3 Å². The zero-order chi connectivity index (χ0) is 12.7. The second-order valence-corrected chi connectivity index (χ2v) is 4.33. The lowest BCUT2D eigenvalue weighted by molar-refractivity contribution is 0.170. The van der Waals surface area contributed by atoms with E-state index in [1.165, 1.54) is 6.07 Å². The number of ether oxygens (including phenoxy) is 1. The summed E-state index contributed by atoms with van der Waals surface area (Å²) < 4.78 is 18.5. The summed E-state index contributed by atoms with van der Waals surface area (Å²) in [6.07, 6.45) is 1.49. The van der Waals surface area contributed by atoms with Gasteiger partial charge in [0.15, 0.2) is 0 Å². The van der Waals surface area contributed by atoms with Crippen molar-refractivity contribution in [2.75, 3.05) is 13.7 Å². The van der Waals surface area contributed by atoms with Gasteiger partial charge in [0.2, 0.25) is 0 Å². The number of nitrogens with one attached hydrogen (secondary N) is 1. The quantitative estimate of drug-likeness (QED) is 0.565. The van der Waals surface area contributed by atoms with Gasteiger partial charge in [-0.1, -0.05) is 25.1 Å². The van der Waals surface area contributed by atoms with E-state index in [2.05, 4.69) is 12.3 Å². The topological polar surface area (TPSA) is 47.3 Å². The molecule has 3 nitrogen and oxygen atoms in total. The van der Waals surface area contributed by atoms with E-state index in [1.54, 1.807) is 19.2 Å². The molecular weight excluding hydrogens is 219 g/mol. The fourth-order valence-corrected chi connectivity index (χ4v) is 1.83. The van der Waals surface area contributed by atoms with Crippen LogP contribution in [0.2, 0.25) is 0 Å². The van der Waals surface area contributed by atoms with Crippen LogP contribution in [0.1, 0.15) is 18.9 Å². The molecule has 2 unspecified atom stereocenters. The standard InChI is InChI=1S/C13H21FN2O/c1-10(7-8-17-2)13(16-15)9-11-5-3-4-6-12(11)14/h3-6,10,13,16H,7-9,15H2,1-2H3. The first-order valence-electron chi connectivity index (χ1n) is 5.87. The van der Waals surface area contributed by atoms with Gasteiger partial charge in [0, 0.05) is 19.8 Å². The summed E-state index contributed by atoms with van der Waals surface area (Å²) in [5, 5.41) is 0. The van der Waals surface area contributed by atoms with Gasteiger partial charge in [-0.25, -0.2) is 4.39 Å². The van der Waals surface area contributed by atoms with Crippen LogP contribution < -0.4 is 11.3 Å². The number of halogens is 1. The van der Waals surface area contributed by atoms with Crippen LogP contribution in [0.15, 0.2) is 24.3 Å². The third kappa shape index (κ3) is 4.42. The zero-order valence-electron chi connectivity index (χ0n) is 10.4. The average Bonchev–Trinajstić information content (AvgIpc) is 2.35. The summed E-state index contributed by atoms with van der Waals surface area (Å²) in [6.45, 7) is 2.78. The molecule has 96 valence electrons. The van der Waals surface area contributed by atoms with Gasteiger partial charge in [-0.05, 0) is 30.4 Å². The normalized spacial score (nSPS) is 14.6. The van der Waals surface area contributed by atoms with Gasteiger partial charge in [0.25, 0.3) is 0 Å². The predicted molar refractivity (Wildman–Crippen MR) is 66.9 cm³/mol. The summed E-state index contributed by atoms with van der Waals surface area (Å²) in [5.74, 6) is 5.69. The van der Waals surface area contributed by atoms with Crippen molar-refractivity contribution in [1.82, 2.24) is 5.43 Å². The highest BCUT2D eigenvalue weighted by Gasteiger charge is 2.17. The molecule has 0 bridgehead atoms. The van der Waals surface area contributed by atoms with Gasteiger partial charge >= 0.3 is 0 Å². The number of hydrogen-bond donors (Lipinski definition) is 2. The second kappa shape index (κ2) is 7.37. The Labute approximate surface area is 102 Å². The Bertz CT molecular complexity index is 333. The monoisotopic (exact) mass is 240 g/mol. The fraction of sp³-hybridized carbons (Fsp3) is 0.538. The van der Waals surface area contributed by atoms with Gasteiger partial charge in [0.05, 0.1) is 0 Å². The molecule has 1 aromatic carbocycles. The van der Waals surface area contributed by atoms with Gasteiger partial charge in [0.1, 0.15) is 5.82 Å². The molecule has 0 saturated heterocycles. The number of hydrazine groups is 1. The lowest BCUT2D eigenvalue weighted by atomic mass is 9.93. The smallest absolute Gasteiger partial charge is 0.126 e. The lowest BCUT2D eigenvalue weighted by Gasteiger charge is -2.23. The molecule has 1 rings (SSSR count). The van der Waals surface area contributed by atoms with Crippen molar-refractivity contribution in [3.8, 4) is 0 Å². The van der Waals surface area contributed by atoms with Crippen molar-refractivity contribution in [2.45, 2.75) is 25.8 Å². The Balaban J connectivity index is 2.60. The van der Waals surface area contributed by atoms with Gasteiger partial charge in [-0.2, -0.15) is 0 Å². The van der Waals surface area contributed by atoms with E-state index in [1.807, 2.05) is 6.07 Å². The van der Waals surface area contributed by atoms with E-state index in [-0.39, 0.29) is 11.9 Å². The minimum atomic E-state index is -0.174. The molecule has 0 aliphatic rings. The van der Waals surface area contributed by atoms with Crippen molar-refractivity contribution in [3.05, 3.63) is 35.6 Å². The van der Waals surface area contributed by atoms with Crippen molar-refractivity contribution in [3.63, 3.8) is 0 Å². The molecule has 4 heteroatoms. The zero-order valence-corrected chi connectivity index (χ0v) is 10.4. The molecule has 0 aliphatic heterocycles. The van der Waals surface area contributed by atoms with Gasteiger partial charge in [-0.15, -0.1) is 0 Å². The molecule has 0 radical (unpaired) electrons. The van der Waals surface area contributed by atoms with Crippen LogP contribution in [0.3, 0.4) is 0 Å². The van der Waals surface area contributed by atoms with Crippen LogP contribution in [-0.4, -0.2) is 19.8 Å². The Kier molecular flexibility index (Phi) is 6.11. The van der Waals surface area contributed by atoms with E-state index >= 15 is 0 Å². The third-order valence-corrected chi connectivity index (χ3v) is 3.08. The third-order valence-electron chi connectivity index (χ3n) is 3.08. The summed E-state index contributed by atoms with van der Waals surface area (Å²) in [5.41, 5.74) is 3.46. The maximum atomic E-state index is 13.5. The van der Waals surface area contributed by atoms with E-state index in [4.69, 9.17) is 10.6 Å². The minimum Gasteiger partial charge on any atom is -0.385 e. The van der Waals surface area contributed by atoms with E-state index in [9.17, 15) is 4.39 Å². The summed E-state index contributed by atoms with van der Waals surface area (Å²) >= 11 is 0. The lowest BCUT2D eigenvalue weighted by Crippen LogP contribution is -2.42. The van der Waals surface area contributed by atoms with Gasteiger partial charge < -0.3 is 4.74 Å². The van der Waals surface area contributed by atoms with E-state index < -0.39 is 0 Å². The molecule has 0 heterocycles. The highest BCUT2D eigenvalue weighted by Crippen LogP contribution is 2.15. The number of rotatable bonds is 7. The molecule has 2 atom stereocenters. The van der Waals surface area contributed by atoms with Crippen LogP contribution >= 0.6 is 0 Å². The van der Waals surface area contributed by atoms with Crippen molar-refractivity contribution in [2.24, 2.45) is 11.8 Å². The molecular formula is C13H21FN2O. The Morgan fingerprint density at radius 3 is 2.71 bits per heavy atom. The Hall–Kier alpha value is -0.970. The average molecular weight is 240 g/mol. The highest BCUT2D eigenvalue weighted by molar-refractivity contribution is 5.18. The minimum absolute atomic E-state index is 0.0575. The second-order valence-electron chi connectivity index (χ2n) is 4.33. The van der Waals surface area contributed by atoms with Crippen LogP contribution in [0, 0.1) is 11.7 Å². The largest absolute Gasteiger partial charge is 0.385 e. The molecule has 3 N–H and O–H groups in total. The number of nitrogens with two attached hydrogens (primary N) is 1. The molecule has 17 heavy (non-hydrogen) atoms. The maximum Gasteiger partial charge on any atom is 0.126 e. The Morgan fingerprint density at radius 1 is 1.41 bits per heavy atom. The molecule has 0 spiro atoms. The molecule has 0 aliphatic carbocycles. The van der Waals surface area contributed by atoms with Crippen molar-refractivity contribution < 1.29 is 9.13 Å². The number of benzene rings is 1. The Morgan fingerprint density at radius 2 is 2.12 bits per heavy atom. The number of hydrogen-bond acceptors (Lipinski definition) is 3. The fourth-order valence-electron chi connectivity index (χ4n) is 1.83. The van der Waals surface area contributed by atoms with Crippen LogP contribution in [0.25, 0.3) is 0 Å². The van der Waals surface area contributed by atoms with E-state index in [0.29, 0.717) is 24.5 Å². The molecule has 0 fully saturated rings. The van der Waals surface area contributed by atoms with Crippen LogP contribution in [0.5, 0.6) is 0 Å².